The van der Waals surface area contributed by atoms with Gasteiger partial charge in [0, 0.05) is 25.2 Å². The third kappa shape index (κ3) is 5.76. The summed E-state index contributed by atoms with van der Waals surface area (Å²) < 4.78 is 0. The number of piperidine rings is 1. The van der Waals surface area contributed by atoms with Gasteiger partial charge in [0.1, 0.15) is 0 Å². The lowest BCUT2D eigenvalue weighted by atomic mass is 9.92. The molecule has 1 aliphatic heterocycles. The van der Waals surface area contributed by atoms with Crippen molar-refractivity contribution in [3.05, 3.63) is 0 Å². The van der Waals surface area contributed by atoms with Gasteiger partial charge in [0.2, 0.25) is 5.91 Å². The predicted octanol–water partition coefficient (Wildman–Crippen LogP) is 2.09. The lowest BCUT2D eigenvalue weighted by molar-refractivity contribution is -0.123. The molecule has 2 aliphatic rings. The van der Waals surface area contributed by atoms with Crippen LogP contribution in [0.15, 0.2) is 0 Å². The van der Waals surface area contributed by atoms with Gasteiger partial charge >= 0.3 is 0 Å². The molecule has 1 amide bonds. The summed E-state index contributed by atoms with van der Waals surface area (Å²) in [5.41, 5.74) is 5.57. The Kier molecular flexibility index (Phi) is 9.81. The van der Waals surface area contributed by atoms with E-state index in [1.54, 1.807) is 6.92 Å². The molecule has 0 aromatic carbocycles. The van der Waals surface area contributed by atoms with Crippen LogP contribution in [0, 0.1) is 0 Å². The van der Waals surface area contributed by atoms with Crippen LogP contribution in [0.5, 0.6) is 0 Å². The molecule has 1 atom stereocenters. The van der Waals surface area contributed by atoms with Crippen molar-refractivity contribution in [2.75, 3.05) is 13.1 Å². The minimum absolute atomic E-state index is 0. The van der Waals surface area contributed by atoms with Gasteiger partial charge in [-0.15, -0.1) is 24.8 Å². The summed E-state index contributed by atoms with van der Waals surface area (Å²) in [7, 11) is 0. The molecule has 3 N–H and O–H groups in total. The van der Waals surface area contributed by atoms with E-state index in [-0.39, 0.29) is 36.8 Å². The van der Waals surface area contributed by atoms with Crippen molar-refractivity contribution in [1.82, 2.24) is 10.2 Å². The fraction of sp³-hybridized carbons (Fsp3) is 0.929. The molecular formula is C14H29Cl2N3O. The van der Waals surface area contributed by atoms with Gasteiger partial charge < -0.3 is 16.0 Å². The van der Waals surface area contributed by atoms with Crippen LogP contribution in [0.25, 0.3) is 0 Å². The number of nitrogens with two attached hydrogens (primary N) is 1. The molecule has 1 saturated carbocycles. The number of hydrogen-bond donors (Lipinski definition) is 2. The Labute approximate surface area is 135 Å². The average molecular weight is 326 g/mol. The highest BCUT2D eigenvalue weighted by Crippen LogP contribution is 2.25. The maximum Gasteiger partial charge on any atom is 0.236 e. The normalized spacial score (nSPS) is 23.3. The summed E-state index contributed by atoms with van der Waals surface area (Å²) in [4.78, 5) is 14.2. The van der Waals surface area contributed by atoms with Crippen LogP contribution in [-0.2, 0) is 4.79 Å². The molecule has 1 aliphatic carbocycles. The number of halogens is 2. The van der Waals surface area contributed by atoms with Crippen molar-refractivity contribution in [3.63, 3.8) is 0 Å². The molecule has 0 aromatic heterocycles. The first-order valence-corrected chi connectivity index (χ1v) is 7.47. The van der Waals surface area contributed by atoms with Crippen molar-refractivity contribution in [1.29, 1.82) is 0 Å². The van der Waals surface area contributed by atoms with Crippen LogP contribution >= 0.6 is 24.8 Å². The maximum absolute atomic E-state index is 11.5. The number of carbonyl (C=O) groups excluding carboxylic acids is 1. The third-order valence-electron chi connectivity index (χ3n) is 4.38. The summed E-state index contributed by atoms with van der Waals surface area (Å²) >= 11 is 0. The summed E-state index contributed by atoms with van der Waals surface area (Å²) in [5.74, 6) is -0.00823. The quantitative estimate of drug-likeness (QED) is 0.835. The highest BCUT2D eigenvalue weighted by atomic mass is 35.5. The number of likely N-dealkylation sites (tertiary alicyclic amines) is 1. The highest BCUT2D eigenvalue weighted by Gasteiger charge is 2.27. The second-order valence-electron chi connectivity index (χ2n) is 5.90. The minimum atomic E-state index is -0.388. The molecular weight excluding hydrogens is 297 g/mol. The van der Waals surface area contributed by atoms with Gasteiger partial charge in [-0.25, -0.2) is 0 Å². The fourth-order valence-corrected chi connectivity index (χ4v) is 3.19. The van der Waals surface area contributed by atoms with Gasteiger partial charge in [-0.05, 0) is 32.6 Å². The maximum atomic E-state index is 11.5. The van der Waals surface area contributed by atoms with Crippen LogP contribution in [0.2, 0.25) is 0 Å². The second kappa shape index (κ2) is 9.82. The van der Waals surface area contributed by atoms with E-state index in [1.165, 1.54) is 32.1 Å². The van der Waals surface area contributed by atoms with Gasteiger partial charge in [-0.2, -0.15) is 0 Å². The van der Waals surface area contributed by atoms with Crippen molar-refractivity contribution in [3.8, 4) is 0 Å². The van der Waals surface area contributed by atoms with Crippen LogP contribution in [0.1, 0.15) is 51.9 Å². The first-order chi connectivity index (χ1) is 8.66. The standard InChI is InChI=1S/C14H27N3O.2ClH/c1-11(15)14(18)16-12-7-9-17(10-8-12)13-5-3-2-4-6-13;;/h11-13H,2-10,15H2,1H3,(H,16,18);2*1H/t11-;;/m1../s1. The van der Waals surface area contributed by atoms with Crippen molar-refractivity contribution in [2.45, 2.75) is 70.0 Å². The minimum Gasteiger partial charge on any atom is -0.352 e. The topological polar surface area (TPSA) is 58.4 Å². The van der Waals surface area contributed by atoms with Crippen LogP contribution in [0.4, 0.5) is 0 Å². The van der Waals surface area contributed by atoms with Crippen molar-refractivity contribution < 1.29 is 4.79 Å². The largest absolute Gasteiger partial charge is 0.352 e. The molecule has 2 rings (SSSR count). The van der Waals surface area contributed by atoms with E-state index in [0.717, 1.165) is 32.0 Å². The van der Waals surface area contributed by atoms with Gasteiger partial charge in [0.15, 0.2) is 0 Å². The summed E-state index contributed by atoms with van der Waals surface area (Å²) in [6, 6.07) is 0.758. The molecule has 0 radical (unpaired) electrons. The molecule has 4 nitrogen and oxygen atoms in total. The second-order valence-corrected chi connectivity index (χ2v) is 5.90. The molecule has 1 saturated heterocycles. The van der Waals surface area contributed by atoms with Gasteiger partial charge in [-0.3, -0.25) is 4.79 Å². The Balaban J connectivity index is 0.00000180. The Hall–Kier alpha value is -0.0300. The molecule has 20 heavy (non-hydrogen) atoms. The van der Waals surface area contributed by atoms with E-state index in [1.807, 2.05) is 0 Å². The number of amides is 1. The third-order valence-corrected chi connectivity index (χ3v) is 4.38. The zero-order valence-corrected chi connectivity index (χ0v) is 14.0. The molecule has 0 aromatic rings. The zero-order chi connectivity index (χ0) is 13.0. The molecule has 1 heterocycles. The summed E-state index contributed by atoms with van der Waals surface area (Å²) in [5, 5.41) is 3.05. The van der Waals surface area contributed by atoms with E-state index in [4.69, 9.17) is 5.73 Å². The zero-order valence-electron chi connectivity index (χ0n) is 12.3. The first kappa shape index (κ1) is 20.0. The smallest absolute Gasteiger partial charge is 0.236 e. The molecule has 120 valence electrons. The Morgan fingerprint density at radius 2 is 1.65 bits per heavy atom. The molecule has 0 spiro atoms. The van der Waals surface area contributed by atoms with E-state index in [9.17, 15) is 4.79 Å². The van der Waals surface area contributed by atoms with E-state index < -0.39 is 0 Å². The van der Waals surface area contributed by atoms with Gasteiger partial charge in [0.25, 0.3) is 0 Å². The number of nitrogens with zero attached hydrogens (tertiary/aromatic N) is 1. The predicted molar refractivity (Wildman–Crippen MR) is 87.8 cm³/mol. The lowest BCUT2D eigenvalue weighted by Crippen LogP contribution is -2.50. The Morgan fingerprint density at radius 3 is 2.15 bits per heavy atom. The molecule has 0 unspecified atom stereocenters. The highest BCUT2D eigenvalue weighted by molar-refractivity contribution is 5.85. The molecule has 6 heteroatoms. The number of hydrogen-bond acceptors (Lipinski definition) is 3. The van der Waals surface area contributed by atoms with Crippen LogP contribution < -0.4 is 11.1 Å². The molecule has 0 bridgehead atoms. The monoisotopic (exact) mass is 325 g/mol. The van der Waals surface area contributed by atoms with Crippen molar-refractivity contribution >= 4 is 30.7 Å². The van der Waals surface area contributed by atoms with Gasteiger partial charge in [0.05, 0.1) is 6.04 Å². The fourth-order valence-electron chi connectivity index (χ4n) is 3.19. The first-order valence-electron chi connectivity index (χ1n) is 7.47. The molecule has 2 fully saturated rings. The van der Waals surface area contributed by atoms with Crippen LogP contribution in [-0.4, -0.2) is 42.0 Å². The number of nitrogens with one attached hydrogen (secondary N) is 1. The van der Waals surface area contributed by atoms with Crippen LogP contribution in [0.3, 0.4) is 0 Å². The lowest BCUT2D eigenvalue weighted by Gasteiger charge is -2.39. The SMILES string of the molecule is C[C@@H](N)C(=O)NC1CCN(C2CCCCC2)CC1.Cl.Cl. The summed E-state index contributed by atoms with van der Waals surface area (Å²) in [6.07, 6.45) is 9.10. The van der Waals surface area contributed by atoms with E-state index >= 15 is 0 Å². The average Bonchev–Trinajstić information content (AvgIpc) is 2.40. The number of carbonyl (C=O) groups is 1. The Bertz CT molecular complexity index is 276. The van der Waals surface area contributed by atoms with Crippen molar-refractivity contribution in [2.24, 2.45) is 5.73 Å². The van der Waals surface area contributed by atoms with E-state index in [0.29, 0.717) is 6.04 Å². The summed E-state index contributed by atoms with van der Waals surface area (Å²) in [6.45, 7) is 4.01. The Morgan fingerprint density at radius 1 is 1.10 bits per heavy atom. The number of rotatable bonds is 3. The van der Waals surface area contributed by atoms with Gasteiger partial charge in [-0.1, -0.05) is 19.3 Å². The van der Waals surface area contributed by atoms with E-state index in [2.05, 4.69) is 10.2 Å².